The molecule has 3 aromatic rings. The number of imidazole rings is 1. The Morgan fingerprint density at radius 2 is 1.76 bits per heavy atom. The van der Waals surface area contributed by atoms with Crippen LogP contribution in [0.25, 0.3) is 5.65 Å². The van der Waals surface area contributed by atoms with E-state index in [4.69, 9.17) is 4.98 Å². The maximum absolute atomic E-state index is 14.1. The predicted molar refractivity (Wildman–Crippen MR) is 148 cm³/mol. The minimum atomic E-state index is -2.68. The van der Waals surface area contributed by atoms with Crippen molar-refractivity contribution in [2.45, 2.75) is 102 Å². The second kappa shape index (κ2) is 11.1. The van der Waals surface area contributed by atoms with Crippen molar-refractivity contribution in [2.75, 3.05) is 0 Å². The summed E-state index contributed by atoms with van der Waals surface area (Å²) in [4.78, 5) is 31.0. The van der Waals surface area contributed by atoms with E-state index >= 15 is 0 Å². The van der Waals surface area contributed by atoms with Crippen LogP contribution >= 0.6 is 0 Å². The summed E-state index contributed by atoms with van der Waals surface area (Å²) in [5, 5.41) is 15.2. The smallest absolute Gasteiger partial charge is 0.270 e. The molecule has 3 saturated carbocycles. The fourth-order valence-electron chi connectivity index (χ4n) is 6.27. The maximum Gasteiger partial charge on any atom is 0.270 e. The summed E-state index contributed by atoms with van der Waals surface area (Å²) in [7, 11) is 0. The number of amides is 2. The molecule has 2 atom stereocenters. The van der Waals surface area contributed by atoms with Crippen LogP contribution in [0.5, 0.6) is 0 Å². The predicted octanol–water partition coefficient (Wildman–Crippen LogP) is 5.56. The van der Waals surface area contributed by atoms with Gasteiger partial charge in [-0.1, -0.05) is 6.42 Å². The lowest BCUT2D eigenvalue weighted by Crippen LogP contribution is -2.38. The number of hydrogen-bond donors (Lipinski definition) is 2. The second-order valence-electron chi connectivity index (χ2n) is 12.5. The van der Waals surface area contributed by atoms with Crippen LogP contribution in [0.2, 0.25) is 0 Å². The summed E-state index contributed by atoms with van der Waals surface area (Å²) in [5.41, 5.74) is 2.52. The highest BCUT2D eigenvalue weighted by molar-refractivity contribution is 5.92. The molecular formula is C30H39F2N7O2. The van der Waals surface area contributed by atoms with Crippen molar-refractivity contribution in [3.63, 3.8) is 0 Å². The largest absolute Gasteiger partial charge is 0.349 e. The minimum absolute atomic E-state index is 0.0102. The van der Waals surface area contributed by atoms with Gasteiger partial charge < -0.3 is 10.6 Å². The van der Waals surface area contributed by atoms with Gasteiger partial charge in [-0.3, -0.25) is 14.3 Å². The van der Waals surface area contributed by atoms with E-state index < -0.39 is 12.0 Å². The van der Waals surface area contributed by atoms with Gasteiger partial charge in [0.2, 0.25) is 11.8 Å². The van der Waals surface area contributed by atoms with Gasteiger partial charge in [-0.25, -0.2) is 18.3 Å². The molecule has 3 heterocycles. The van der Waals surface area contributed by atoms with Crippen molar-refractivity contribution in [3.8, 4) is 0 Å². The van der Waals surface area contributed by atoms with Crippen molar-refractivity contribution >= 4 is 17.5 Å². The van der Waals surface area contributed by atoms with Crippen LogP contribution in [0.4, 0.5) is 8.78 Å². The first-order chi connectivity index (χ1) is 19.7. The number of halogens is 2. The minimum Gasteiger partial charge on any atom is -0.349 e. The molecule has 0 spiro atoms. The third kappa shape index (κ3) is 6.13. The highest BCUT2D eigenvalue weighted by Crippen LogP contribution is 2.43. The Kier molecular flexibility index (Phi) is 7.54. The van der Waals surface area contributed by atoms with Crippen LogP contribution in [-0.4, -0.2) is 42.1 Å². The van der Waals surface area contributed by atoms with E-state index in [0.717, 1.165) is 31.2 Å². The first-order valence-corrected chi connectivity index (χ1v) is 15.0. The molecule has 6 rings (SSSR count). The van der Waals surface area contributed by atoms with Crippen LogP contribution < -0.4 is 10.6 Å². The molecule has 3 aromatic heterocycles. The molecule has 0 saturated heterocycles. The number of rotatable bonds is 10. The van der Waals surface area contributed by atoms with E-state index in [1.54, 1.807) is 33.9 Å². The summed E-state index contributed by atoms with van der Waals surface area (Å²) in [5.74, 6) is -2.21. The average molecular weight is 568 g/mol. The lowest BCUT2D eigenvalue weighted by molar-refractivity contribution is -0.123. The highest BCUT2D eigenvalue weighted by Gasteiger charge is 2.40. The molecule has 0 unspecified atom stereocenters. The Bertz CT molecular complexity index is 1400. The van der Waals surface area contributed by atoms with Gasteiger partial charge in [0.15, 0.2) is 5.65 Å². The molecule has 0 radical (unpaired) electrons. The van der Waals surface area contributed by atoms with E-state index in [1.165, 1.54) is 6.42 Å². The fraction of sp³-hybridized carbons (Fsp3) is 0.633. The van der Waals surface area contributed by atoms with Gasteiger partial charge in [-0.05, 0) is 87.8 Å². The van der Waals surface area contributed by atoms with Gasteiger partial charge in [0.1, 0.15) is 5.69 Å². The van der Waals surface area contributed by atoms with E-state index in [0.29, 0.717) is 35.3 Å². The average Bonchev–Trinajstić information content (AvgIpc) is 3.46. The van der Waals surface area contributed by atoms with Crippen molar-refractivity contribution in [3.05, 3.63) is 47.7 Å². The van der Waals surface area contributed by atoms with Crippen LogP contribution in [0.15, 0.2) is 30.7 Å². The third-order valence-corrected chi connectivity index (χ3v) is 9.06. The highest BCUT2D eigenvalue weighted by atomic mass is 19.3. The molecule has 2 N–H and O–H groups in total. The van der Waals surface area contributed by atoms with Crippen LogP contribution in [0.1, 0.15) is 118 Å². The van der Waals surface area contributed by atoms with E-state index in [9.17, 15) is 18.4 Å². The molecule has 0 aromatic carbocycles. The van der Waals surface area contributed by atoms with E-state index in [1.807, 2.05) is 19.9 Å². The van der Waals surface area contributed by atoms with Gasteiger partial charge in [0.05, 0.1) is 30.2 Å². The van der Waals surface area contributed by atoms with Gasteiger partial charge in [-0.15, -0.1) is 0 Å². The zero-order chi connectivity index (χ0) is 28.7. The number of carbonyl (C=O) groups excluding carboxylic acids is 2. The lowest BCUT2D eigenvalue weighted by Gasteiger charge is -2.33. The lowest BCUT2D eigenvalue weighted by atomic mass is 9.81. The number of fused-ring (bicyclic) bond motifs is 1. The summed E-state index contributed by atoms with van der Waals surface area (Å²) in [6, 6.07) is 2.94. The Morgan fingerprint density at radius 3 is 2.41 bits per heavy atom. The number of hydrogen-bond acceptors (Lipinski definition) is 5. The summed E-state index contributed by atoms with van der Waals surface area (Å²) in [6.07, 6.45) is 11.4. The number of nitrogens with one attached hydrogen (secondary N) is 2. The molecule has 0 aliphatic heterocycles. The molecule has 3 aliphatic rings. The van der Waals surface area contributed by atoms with Gasteiger partial charge in [-0.2, -0.15) is 10.2 Å². The van der Waals surface area contributed by atoms with E-state index in [-0.39, 0.29) is 55.5 Å². The number of nitrogens with zero attached hydrogens (tertiary/aromatic N) is 5. The van der Waals surface area contributed by atoms with E-state index in [2.05, 4.69) is 20.8 Å². The maximum atomic E-state index is 14.1. The van der Waals surface area contributed by atoms with Crippen molar-refractivity contribution < 1.29 is 18.4 Å². The number of carbonyl (C=O) groups is 2. The Hall–Kier alpha value is -3.37. The first-order valence-electron chi connectivity index (χ1n) is 15.0. The Labute approximate surface area is 238 Å². The quantitative estimate of drug-likeness (QED) is 0.334. The van der Waals surface area contributed by atoms with Gasteiger partial charge in [0, 0.05) is 31.5 Å². The molecule has 11 heteroatoms. The normalized spacial score (nSPS) is 21.0. The van der Waals surface area contributed by atoms with Crippen molar-refractivity contribution in [1.29, 1.82) is 0 Å². The van der Waals surface area contributed by atoms with Gasteiger partial charge in [0.25, 0.3) is 5.91 Å². The van der Waals surface area contributed by atoms with Crippen molar-refractivity contribution in [1.82, 2.24) is 35.0 Å². The third-order valence-electron chi connectivity index (χ3n) is 9.06. The molecule has 2 amide bonds. The zero-order valence-corrected chi connectivity index (χ0v) is 23.7. The monoisotopic (exact) mass is 567 g/mol. The first kappa shape index (κ1) is 27.8. The number of aromatic nitrogens is 5. The molecule has 3 fully saturated rings. The second-order valence-corrected chi connectivity index (χ2v) is 12.5. The molecule has 220 valence electrons. The Morgan fingerprint density at radius 1 is 1.02 bits per heavy atom. The molecule has 41 heavy (non-hydrogen) atoms. The standard InChI is InChI=1S/C30H39F2N7O2/c1-18(2)39-24(10-13-33-39)29(41)37-28(21-8-11-30(31,32)12-9-21)23-17-38-25(35-23)15-22(16-34-38)27(20-6-7-20)36-26(40)14-19-4-3-5-19/h10,13,15-21,27-28H,3-9,11-12,14H2,1-2H3,(H,36,40)(H,37,41)/t27-,28+/m1/s1. The summed E-state index contributed by atoms with van der Waals surface area (Å²) >= 11 is 0. The molecule has 3 aliphatic carbocycles. The SMILES string of the molecule is CC(C)n1nccc1C(=O)N[C@H](c1cn2ncc([C@H](NC(=O)CC3CCC3)C3CC3)cc2n1)C1CCC(F)(F)CC1. The molecular weight excluding hydrogens is 528 g/mol. The summed E-state index contributed by atoms with van der Waals surface area (Å²) < 4.78 is 31.4. The van der Waals surface area contributed by atoms with Crippen molar-refractivity contribution in [2.24, 2.45) is 17.8 Å². The number of alkyl halides is 2. The topological polar surface area (TPSA) is 106 Å². The Balaban J connectivity index is 1.26. The molecule has 9 nitrogen and oxygen atoms in total. The van der Waals surface area contributed by atoms with Gasteiger partial charge >= 0.3 is 0 Å². The fourth-order valence-corrected chi connectivity index (χ4v) is 6.27. The van der Waals surface area contributed by atoms with Crippen LogP contribution in [0, 0.1) is 17.8 Å². The van der Waals surface area contributed by atoms with Crippen LogP contribution in [0.3, 0.4) is 0 Å². The zero-order valence-electron chi connectivity index (χ0n) is 23.7. The molecule has 0 bridgehead atoms. The summed E-state index contributed by atoms with van der Waals surface area (Å²) in [6.45, 7) is 3.89. The van der Waals surface area contributed by atoms with Crippen LogP contribution in [-0.2, 0) is 4.79 Å².